The first-order valence-corrected chi connectivity index (χ1v) is 11.7. The topological polar surface area (TPSA) is 92.7 Å². The largest absolute Gasteiger partial charge is 0.506 e. The second kappa shape index (κ2) is 10.9. The first-order chi connectivity index (χ1) is 13.8. The number of rotatable bonds is 11. The maximum Gasteiger partial charge on any atom is 0.306 e. The van der Waals surface area contributed by atoms with Gasteiger partial charge in [-0.2, -0.15) is 8.42 Å². The third-order valence-corrected chi connectivity index (χ3v) is 5.00. The molecular weight excluding hydrogens is 390 g/mol. The summed E-state index contributed by atoms with van der Waals surface area (Å²) in [6, 6.07) is 11.4. The zero-order chi connectivity index (χ0) is 21.3. The molecule has 1 amide bonds. The lowest BCUT2D eigenvalue weighted by atomic mass is 10.0. The summed E-state index contributed by atoms with van der Waals surface area (Å²) in [5.74, 6) is -0.879. The number of anilines is 1. The standard InChI is InChI=1S/C22H29NO5S/c1-3-4-5-6-7-8-10-17-13-15-18(16-14-17)22(25)23-21-19(24)11-9-12-20(21)28-29(2,26)27/h9,11-16,24H,3-8,10H2,1-2H3,(H,23,25). The molecule has 0 aliphatic rings. The van der Waals surface area contributed by atoms with Gasteiger partial charge in [-0.15, -0.1) is 0 Å². The van der Waals surface area contributed by atoms with E-state index in [1.165, 1.54) is 55.9 Å². The number of nitrogens with one attached hydrogen (secondary N) is 1. The zero-order valence-corrected chi connectivity index (χ0v) is 17.8. The number of benzene rings is 2. The summed E-state index contributed by atoms with van der Waals surface area (Å²) in [5, 5.41) is 12.5. The van der Waals surface area contributed by atoms with E-state index in [-0.39, 0.29) is 17.2 Å². The third-order valence-electron chi connectivity index (χ3n) is 4.52. The summed E-state index contributed by atoms with van der Waals surface area (Å²) in [6.07, 6.45) is 9.27. The van der Waals surface area contributed by atoms with Crippen LogP contribution in [0.5, 0.6) is 11.5 Å². The van der Waals surface area contributed by atoms with Gasteiger partial charge >= 0.3 is 10.1 Å². The second-order valence-corrected chi connectivity index (χ2v) is 8.68. The highest BCUT2D eigenvalue weighted by Gasteiger charge is 2.17. The molecule has 0 aliphatic carbocycles. The zero-order valence-electron chi connectivity index (χ0n) is 17.0. The molecule has 29 heavy (non-hydrogen) atoms. The van der Waals surface area contributed by atoms with Crippen molar-refractivity contribution >= 4 is 21.7 Å². The molecular formula is C22H29NO5S. The molecule has 0 bridgehead atoms. The molecule has 0 saturated carbocycles. The number of unbranched alkanes of at least 4 members (excludes halogenated alkanes) is 5. The number of hydrogen-bond acceptors (Lipinski definition) is 5. The van der Waals surface area contributed by atoms with Crippen molar-refractivity contribution in [1.82, 2.24) is 0 Å². The van der Waals surface area contributed by atoms with Crippen molar-refractivity contribution in [3.63, 3.8) is 0 Å². The molecule has 2 N–H and O–H groups in total. The van der Waals surface area contributed by atoms with E-state index in [0.717, 1.165) is 19.1 Å². The number of carbonyl (C=O) groups is 1. The molecule has 0 radical (unpaired) electrons. The van der Waals surface area contributed by atoms with Crippen LogP contribution in [0, 0.1) is 0 Å². The molecule has 2 aromatic rings. The Bertz CT molecular complexity index is 907. The Morgan fingerprint density at radius 3 is 2.31 bits per heavy atom. The summed E-state index contributed by atoms with van der Waals surface area (Å²) >= 11 is 0. The van der Waals surface area contributed by atoms with Gasteiger partial charge in [0.25, 0.3) is 5.91 Å². The molecule has 0 unspecified atom stereocenters. The average molecular weight is 420 g/mol. The van der Waals surface area contributed by atoms with E-state index in [9.17, 15) is 18.3 Å². The van der Waals surface area contributed by atoms with Crippen LogP contribution in [0.3, 0.4) is 0 Å². The van der Waals surface area contributed by atoms with Gasteiger partial charge in [0.05, 0.1) is 6.26 Å². The molecule has 7 heteroatoms. The fourth-order valence-corrected chi connectivity index (χ4v) is 3.46. The van der Waals surface area contributed by atoms with Crippen molar-refractivity contribution in [3.8, 4) is 11.5 Å². The molecule has 0 fully saturated rings. The highest BCUT2D eigenvalue weighted by molar-refractivity contribution is 7.86. The van der Waals surface area contributed by atoms with Crippen molar-refractivity contribution in [2.24, 2.45) is 0 Å². The Morgan fingerprint density at radius 1 is 1.00 bits per heavy atom. The van der Waals surface area contributed by atoms with Gasteiger partial charge in [0, 0.05) is 5.56 Å². The van der Waals surface area contributed by atoms with Crippen molar-refractivity contribution in [2.75, 3.05) is 11.6 Å². The minimum atomic E-state index is -3.80. The van der Waals surface area contributed by atoms with Crippen LogP contribution in [0.2, 0.25) is 0 Å². The molecule has 6 nitrogen and oxygen atoms in total. The van der Waals surface area contributed by atoms with E-state index >= 15 is 0 Å². The van der Waals surface area contributed by atoms with Crippen LogP contribution >= 0.6 is 0 Å². The predicted octanol–water partition coefficient (Wildman–Crippen LogP) is 4.89. The van der Waals surface area contributed by atoms with E-state index in [2.05, 4.69) is 12.2 Å². The number of aromatic hydroxyl groups is 1. The van der Waals surface area contributed by atoms with Gasteiger partial charge in [0.15, 0.2) is 5.75 Å². The fraction of sp³-hybridized carbons (Fsp3) is 0.409. The normalized spacial score (nSPS) is 11.2. The summed E-state index contributed by atoms with van der Waals surface area (Å²) in [5.41, 5.74) is 1.49. The summed E-state index contributed by atoms with van der Waals surface area (Å²) in [6.45, 7) is 2.20. The van der Waals surface area contributed by atoms with E-state index in [1.54, 1.807) is 12.1 Å². The van der Waals surface area contributed by atoms with E-state index in [4.69, 9.17) is 4.18 Å². The van der Waals surface area contributed by atoms with Crippen LogP contribution in [-0.4, -0.2) is 25.7 Å². The SMILES string of the molecule is CCCCCCCCc1ccc(C(=O)Nc2c(O)cccc2OS(C)(=O)=O)cc1. The molecule has 0 atom stereocenters. The lowest BCUT2D eigenvalue weighted by Crippen LogP contribution is -2.14. The minimum Gasteiger partial charge on any atom is -0.506 e. The summed E-state index contributed by atoms with van der Waals surface area (Å²) in [4.78, 5) is 12.5. The maximum absolute atomic E-state index is 12.5. The summed E-state index contributed by atoms with van der Waals surface area (Å²) in [7, 11) is -3.80. The van der Waals surface area contributed by atoms with Crippen LogP contribution in [0.4, 0.5) is 5.69 Å². The van der Waals surface area contributed by atoms with Gasteiger partial charge in [-0.25, -0.2) is 0 Å². The first kappa shape index (κ1) is 22.7. The van der Waals surface area contributed by atoms with Crippen molar-refractivity contribution in [2.45, 2.75) is 51.9 Å². The van der Waals surface area contributed by atoms with Gasteiger partial charge in [0.2, 0.25) is 0 Å². The quantitative estimate of drug-likeness (QED) is 0.307. The smallest absolute Gasteiger partial charge is 0.306 e. The lowest BCUT2D eigenvalue weighted by Gasteiger charge is -2.12. The average Bonchev–Trinajstić information content (AvgIpc) is 2.66. The maximum atomic E-state index is 12.5. The fourth-order valence-electron chi connectivity index (χ4n) is 3.00. The first-order valence-electron chi connectivity index (χ1n) is 9.92. The van der Waals surface area contributed by atoms with Gasteiger partial charge < -0.3 is 14.6 Å². The molecule has 158 valence electrons. The van der Waals surface area contributed by atoms with Gasteiger partial charge in [-0.05, 0) is 42.7 Å². The van der Waals surface area contributed by atoms with Crippen LogP contribution < -0.4 is 9.50 Å². The highest BCUT2D eigenvalue weighted by Crippen LogP contribution is 2.34. The molecule has 2 rings (SSSR count). The number of phenolic OH excluding ortho intramolecular Hbond substituents is 1. The van der Waals surface area contributed by atoms with Crippen LogP contribution in [0.1, 0.15) is 61.4 Å². The van der Waals surface area contributed by atoms with Crippen molar-refractivity contribution < 1.29 is 22.5 Å². The van der Waals surface area contributed by atoms with Crippen LogP contribution in [-0.2, 0) is 16.5 Å². The summed E-state index contributed by atoms with van der Waals surface area (Å²) < 4.78 is 27.6. The van der Waals surface area contributed by atoms with E-state index in [1.807, 2.05) is 12.1 Å². The highest BCUT2D eigenvalue weighted by atomic mass is 32.2. The Morgan fingerprint density at radius 2 is 1.66 bits per heavy atom. The van der Waals surface area contributed by atoms with E-state index in [0.29, 0.717) is 5.56 Å². The number of amides is 1. The third kappa shape index (κ3) is 7.77. The number of hydrogen-bond donors (Lipinski definition) is 2. The number of para-hydroxylation sites is 1. The van der Waals surface area contributed by atoms with Gasteiger partial charge in [0.1, 0.15) is 11.4 Å². The molecule has 0 heterocycles. The molecule has 0 spiro atoms. The Kier molecular flexibility index (Phi) is 8.51. The lowest BCUT2D eigenvalue weighted by molar-refractivity contribution is 0.102. The van der Waals surface area contributed by atoms with Crippen molar-refractivity contribution in [3.05, 3.63) is 53.6 Å². The molecule has 2 aromatic carbocycles. The van der Waals surface area contributed by atoms with Crippen molar-refractivity contribution in [1.29, 1.82) is 0 Å². The second-order valence-electron chi connectivity index (χ2n) is 7.11. The predicted molar refractivity (Wildman–Crippen MR) is 115 cm³/mol. The van der Waals surface area contributed by atoms with Gasteiger partial charge in [-0.1, -0.05) is 57.2 Å². The Hall–Kier alpha value is -2.54. The monoisotopic (exact) mass is 419 g/mol. The Labute approximate surface area is 173 Å². The number of aryl methyl sites for hydroxylation is 1. The minimum absolute atomic E-state index is 0.0842. The van der Waals surface area contributed by atoms with E-state index < -0.39 is 16.0 Å². The van der Waals surface area contributed by atoms with Crippen LogP contribution in [0.15, 0.2) is 42.5 Å². The molecule has 0 aromatic heterocycles. The number of phenols is 1. The molecule has 0 aliphatic heterocycles. The number of carbonyl (C=O) groups excluding carboxylic acids is 1. The van der Waals surface area contributed by atoms with Crippen LogP contribution in [0.25, 0.3) is 0 Å². The Balaban J connectivity index is 1.98. The molecule has 0 saturated heterocycles. The van der Waals surface area contributed by atoms with Gasteiger partial charge in [-0.3, -0.25) is 4.79 Å².